The first kappa shape index (κ1) is 70.7. The van der Waals surface area contributed by atoms with Crippen LogP contribution >= 0.6 is 51.0 Å². The molecule has 4 atom stereocenters. The van der Waals surface area contributed by atoms with Gasteiger partial charge in [0, 0.05) is 55.9 Å². The van der Waals surface area contributed by atoms with E-state index in [9.17, 15) is 63.0 Å². The fourth-order valence-corrected chi connectivity index (χ4v) is 11.3. The van der Waals surface area contributed by atoms with Crippen molar-refractivity contribution in [3.63, 3.8) is 0 Å². The Labute approximate surface area is 665 Å². The molecule has 4 aliphatic rings. The number of ether oxygens (including phenoxy) is 2. The van der Waals surface area contributed by atoms with E-state index in [1.807, 2.05) is 9.44 Å². The fraction of sp³-hybridized carbons (Fsp3) is 0.456. The summed E-state index contributed by atoms with van der Waals surface area (Å²) in [5.41, 5.74) is -7.21. The van der Waals surface area contributed by atoms with E-state index >= 15 is 0 Å². The zero-order valence-electron chi connectivity index (χ0n) is 61.8. The van der Waals surface area contributed by atoms with Crippen molar-refractivity contribution in [3.05, 3.63) is 126 Å². The van der Waals surface area contributed by atoms with E-state index in [0.717, 1.165) is 4.68 Å². The van der Waals surface area contributed by atoms with Crippen LogP contribution in [-0.2, 0) is 29.7 Å². The number of aliphatic hydroxyl groups is 2. The average Bonchev–Trinajstić information content (AvgIpc) is 1.57. The molecule has 6 aromatic rings. The van der Waals surface area contributed by atoms with Crippen LogP contribution in [0.5, 0.6) is 11.8 Å². The Bertz CT molecular complexity index is 4130. The number of alkyl halides is 6. The molecule has 2 aromatic carbocycles. The van der Waals surface area contributed by atoms with Crippen LogP contribution in [-0.4, -0.2) is 137 Å². The second kappa shape index (κ2) is 35.7. The van der Waals surface area contributed by atoms with Gasteiger partial charge in [-0.2, -0.15) is 53.3 Å². The van der Waals surface area contributed by atoms with Crippen molar-refractivity contribution in [3.8, 4) is 23.4 Å². The zero-order chi connectivity index (χ0) is 74.1. The topological polar surface area (TPSA) is 311 Å². The number of aromatic nitrogens is 6. The number of rotatable bonds is 18. The van der Waals surface area contributed by atoms with Gasteiger partial charge >= 0.3 is 115 Å². The molecule has 5 N–H and O–H groups in total. The summed E-state index contributed by atoms with van der Waals surface area (Å²) in [6.07, 6.45) is -14.7. The number of hydrogen-bond acceptors (Lipinski definition) is 19. The summed E-state index contributed by atoms with van der Waals surface area (Å²) in [5.74, 6) is -4.85. The largest absolute Gasteiger partial charge is 1.00 e. The monoisotopic (exact) mass is 1500 g/mol. The summed E-state index contributed by atoms with van der Waals surface area (Å²) in [6, 6.07) is 22.1. The van der Waals surface area contributed by atoms with Crippen molar-refractivity contribution >= 4 is 95.2 Å². The first-order valence-electron chi connectivity index (χ1n) is 31.6. The molecule has 4 fully saturated rings. The van der Waals surface area contributed by atoms with Gasteiger partial charge in [0.05, 0.1) is 31.7 Å². The van der Waals surface area contributed by atoms with Crippen molar-refractivity contribution in [1.29, 1.82) is 0 Å². The van der Waals surface area contributed by atoms with Crippen LogP contribution in [0.2, 0.25) is 5.15 Å². The Morgan fingerprint density at radius 2 is 1.15 bits per heavy atom. The van der Waals surface area contributed by atoms with Crippen LogP contribution in [0, 0.1) is 22.7 Å². The minimum atomic E-state index is -4.60. The Morgan fingerprint density at radius 1 is 0.734 bits per heavy atom. The molecule has 510 valence electrons. The van der Waals surface area contributed by atoms with Gasteiger partial charge in [-0.15, -0.1) is 22.6 Å². The van der Waals surface area contributed by atoms with E-state index < -0.39 is 136 Å². The number of carbonyl (C=O) groups is 3. The van der Waals surface area contributed by atoms with Crippen LogP contribution < -0.4 is 137 Å². The molecule has 2 saturated heterocycles. The third kappa shape index (κ3) is 22.2. The number of aliphatic hydroxyl groups excluding tert-OH is 2. The molecule has 0 spiro atoms. The molecule has 0 bridgehead atoms. The molecule has 2 unspecified atom stereocenters. The second-order valence-electron chi connectivity index (χ2n) is 21.5. The van der Waals surface area contributed by atoms with E-state index in [-0.39, 0.29) is 238 Å². The average molecular weight is 1510 g/mol. The Balaban J connectivity index is 0.000000836. The minimum absolute atomic E-state index is 0. The van der Waals surface area contributed by atoms with Crippen LogP contribution in [0.1, 0.15) is 116 Å². The van der Waals surface area contributed by atoms with Gasteiger partial charge in [-0.3, -0.25) is 14.4 Å². The van der Waals surface area contributed by atoms with E-state index in [2.05, 4.69) is 30.4 Å². The molecular weight excluding hydrogens is 1420 g/mol. The van der Waals surface area contributed by atoms with Crippen LogP contribution in [0.15, 0.2) is 119 Å². The number of pyridine rings is 2. The van der Waals surface area contributed by atoms with Gasteiger partial charge in [0.25, 0.3) is 38.3 Å². The fourth-order valence-electron chi connectivity index (χ4n) is 9.10. The van der Waals surface area contributed by atoms with Crippen LogP contribution in [0.25, 0.3) is 11.6 Å². The molecule has 2 saturated carbocycles. The Morgan fingerprint density at radius 3 is 1.50 bits per heavy atom. The molecule has 94 heavy (non-hydrogen) atoms. The smallest absolute Gasteiger partial charge is 1.00 e. The number of benzene rings is 2. The first-order chi connectivity index (χ1) is 45.5. The number of nitrogens with zero attached hydrogens (tertiary/aromatic N) is 7. The summed E-state index contributed by atoms with van der Waals surface area (Å²) >= 11 is 6.08. The normalized spacial score (nSPS) is 21.1. The predicted molar refractivity (Wildman–Crippen MR) is 336 cm³/mol. The van der Waals surface area contributed by atoms with Gasteiger partial charge in [-0.05, 0) is 133 Å². The second-order valence-corrected chi connectivity index (χ2v) is 25.2. The molecule has 4 aromatic heterocycles. The molecule has 0 radical (unpaired) electrons. The van der Waals surface area contributed by atoms with Crippen molar-refractivity contribution in [2.24, 2.45) is 22.7 Å². The maximum absolute atomic E-state index is 13.5. The van der Waals surface area contributed by atoms with Crippen LogP contribution in [0.3, 0.4) is 0 Å². The van der Waals surface area contributed by atoms with Crippen molar-refractivity contribution in [2.75, 3.05) is 31.2 Å². The first-order valence-corrected chi connectivity index (χ1v) is 29.9. The zero-order valence-corrected chi connectivity index (χ0v) is 62.3. The maximum Gasteiger partial charge on any atom is 1.00 e. The molecule has 2 amide bonds. The molecule has 10 rings (SSSR count). The maximum atomic E-state index is 13.5. The van der Waals surface area contributed by atoms with E-state index in [0.29, 0.717) is 0 Å². The number of halogens is 8. The molecular formula is C57H72Cl2F6K2N10O13S4. The van der Waals surface area contributed by atoms with E-state index in [1.165, 1.54) is 121 Å². The number of nitrogens with one attached hydrogen (secondary N) is 3. The Hall–Kier alpha value is -3.16. The predicted octanol–water partition coefficient (Wildman–Crippen LogP) is 1.81. The summed E-state index contributed by atoms with van der Waals surface area (Å²) in [7, 11) is -8.48. The molecule has 6 heterocycles. The quantitative estimate of drug-likeness (QED) is 0.0205. The van der Waals surface area contributed by atoms with Crippen molar-refractivity contribution < 1.29 is 205 Å². The molecule has 2 aliphatic heterocycles. The SMILES string of the molecule is Cl.O=C(NS(=O)(=O)c1ccccc1)c1ccc(-n2ccc(OCC(O)C3(C(F)(F)F)CC3)n2)nc1Cl.O=CO[O-].S.S.[2H]C([2H])([2H])[C@@H]1CN(c2nc(-n3ccc(OCC(O)C4(C(F)(F)F)CC4)n3)ccc2C(=O)NS(=O)(=O)c2ccccc2)C(C)(C)C1([2H])[2H].[2H]C([2H])([2H])[C@@H]1CNC(C)(C)C1([2H])[2H].[H-].[K+].[K+]. The third-order valence-electron chi connectivity index (χ3n) is 14.2. The minimum Gasteiger partial charge on any atom is -1.00 e. The number of carbonyl (C=O) groups excluding carboxylic acids is 3. The Kier molecular flexibility index (Phi) is 26.9. The summed E-state index contributed by atoms with van der Waals surface area (Å²) in [6.45, 7) is -0.348. The number of sulfonamides is 2. The van der Waals surface area contributed by atoms with Crippen molar-refractivity contribution in [2.45, 2.75) is 125 Å². The molecule has 2 aliphatic carbocycles. The van der Waals surface area contributed by atoms with E-state index in [4.69, 9.17) is 44.8 Å². The summed E-state index contributed by atoms with van der Waals surface area (Å²) < 4.78 is 225. The summed E-state index contributed by atoms with van der Waals surface area (Å²) in [5, 5.41) is 39.3. The third-order valence-corrected chi connectivity index (χ3v) is 17.2. The number of anilines is 1. The van der Waals surface area contributed by atoms with E-state index in [1.54, 1.807) is 26.0 Å². The number of hydrogen-bond donors (Lipinski definition) is 5. The van der Waals surface area contributed by atoms with Crippen molar-refractivity contribution in [1.82, 2.24) is 44.3 Å². The van der Waals surface area contributed by atoms with Gasteiger partial charge < -0.3 is 41.5 Å². The van der Waals surface area contributed by atoms with Gasteiger partial charge in [0.2, 0.25) is 11.8 Å². The summed E-state index contributed by atoms with van der Waals surface area (Å²) in [4.78, 5) is 46.7. The van der Waals surface area contributed by atoms with Gasteiger partial charge in [0.1, 0.15) is 36.4 Å². The van der Waals surface area contributed by atoms with Crippen LogP contribution in [0.4, 0.5) is 32.2 Å². The standard InChI is InChI=1S/C28H32F3N5O5S.C21H18ClF3N4O5S.C7H15N.CH2O3.ClH.2K.2H2S.H/c1-18-15-26(2,3)35(16-18)24-20(25(38)34-42(39,40)19-7-5-4-6-8-19)9-10-22(32-24)36-14-11-23(33-36)41-17-21(37)27(12-13-27)28(29,30)31;22-18-14(19(31)28-35(32,33)13-4-2-1-3-5-13)6-7-16(26-18)29-11-8-17(27-29)34-12-15(30)20(9-10-20)21(23,24)25;1-6-4-7(2,3)8-5-6;2-1-4-3;;;;;;/h4-11,14,18,21,37H,12-13,15-17H2,1-3H3,(H,34,38);1-8,11,15,30H,9-10,12H2,(H,28,31);6,8H,4-5H2,1-3H3;1,3H;1H;;;2*1H2;/q;;;;;2*+1;;;-1/p-1/t18-,21?;;6-;;;;;;;/m0.0......./s1/i1D3,15D2;;1D3,4D2;;;;;;;. The van der Waals surface area contributed by atoms with Gasteiger partial charge in [-0.25, -0.2) is 45.6 Å². The van der Waals surface area contributed by atoms with Gasteiger partial charge in [-0.1, -0.05) is 61.7 Å². The number of amides is 2. The van der Waals surface area contributed by atoms with Gasteiger partial charge in [0.15, 0.2) is 11.6 Å². The molecule has 23 nitrogen and oxygen atoms in total. The molecule has 37 heteroatoms.